The number of aryl methyl sites for hydroxylation is 1. The van der Waals surface area contributed by atoms with Gasteiger partial charge in [0, 0.05) is 11.5 Å². The average Bonchev–Trinajstić information content (AvgIpc) is 3.17. The minimum Gasteiger partial charge on any atom is -0.319 e. The first-order valence-corrected chi connectivity index (χ1v) is 10.2. The molecule has 0 unspecified atom stereocenters. The fourth-order valence-electron chi connectivity index (χ4n) is 3.23. The number of hydrogen-bond donors (Lipinski definition) is 1. The maximum absolute atomic E-state index is 14.9. The van der Waals surface area contributed by atoms with Crippen LogP contribution in [0.4, 0.5) is 18.9 Å². The van der Waals surface area contributed by atoms with Crippen molar-refractivity contribution in [3.05, 3.63) is 90.9 Å². The number of rotatable bonds is 4. The maximum atomic E-state index is 14.9. The highest BCUT2D eigenvalue weighted by atomic mass is 35.5. The summed E-state index contributed by atoms with van der Waals surface area (Å²) < 4.78 is 42.8. The lowest BCUT2D eigenvalue weighted by Gasteiger charge is -2.24. The number of amides is 1. The molecule has 2 aromatic carbocycles. The SMILES string of the molecule is Cc1ncsc1C(=O)N(Cc1cc(=O)[nH]c2c(F)c(F)ccc12)c1cccc(Cl)c1F. The quantitative estimate of drug-likeness (QED) is 0.452. The van der Waals surface area contributed by atoms with Gasteiger partial charge >= 0.3 is 0 Å². The molecular formula is C21H13ClF3N3O2S. The topological polar surface area (TPSA) is 66.1 Å². The zero-order chi connectivity index (χ0) is 22.3. The minimum atomic E-state index is -1.22. The van der Waals surface area contributed by atoms with E-state index in [0.717, 1.165) is 28.4 Å². The molecule has 0 saturated carbocycles. The number of pyridine rings is 1. The summed E-state index contributed by atoms with van der Waals surface area (Å²) in [7, 11) is 0. The van der Waals surface area contributed by atoms with Crippen LogP contribution in [0.15, 0.2) is 46.7 Å². The number of carbonyl (C=O) groups is 1. The van der Waals surface area contributed by atoms with Crippen molar-refractivity contribution in [1.29, 1.82) is 0 Å². The zero-order valence-corrected chi connectivity index (χ0v) is 17.5. The molecule has 158 valence electrons. The number of carbonyl (C=O) groups excluding carboxylic acids is 1. The largest absolute Gasteiger partial charge is 0.319 e. The molecule has 0 aliphatic carbocycles. The summed E-state index contributed by atoms with van der Waals surface area (Å²) >= 11 is 6.99. The lowest BCUT2D eigenvalue weighted by Crippen LogP contribution is -2.31. The van der Waals surface area contributed by atoms with Crippen molar-refractivity contribution < 1.29 is 18.0 Å². The number of nitrogens with zero attached hydrogens (tertiary/aromatic N) is 2. The third kappa shape index (κ3) is 3.82. The monoisotopic (exact) mass is 463 g/mol. The smallest absolute Gasteiger partial charge is 0.270 e. The van der Waals surface area contributed by atoms with E-state index in [0.29, 0.717) is 5.69 Å². The highest BCUT2D eigenvalue weighted by Crippen LogP contribution is 2.31. The molecule has 0 aliphatic rings. The molecule has 0 radical (unpaired) electrons. The second kappa shape index (κ2) is 8.16. The predicted molar refractivity (Wildman–Crippen MR) is 113 cm³/mol. The number of thiazole rings is 1. The molecule has 0 fully saturated rings. The van der Waals surface area contributed by atoms with Crippen molar-refractivity contribution in [2.75, 3.05) is 4.90 Å². The van der Waals surface area contributed by atoms with Gasteiger partial charge < -0.3 is 9.88 Å². The summed E-state index contributed by atoms with van der Waals surface area (Å²) in [5, 5.41) is -0.0139. The summed E-state index contributed by atoms with van der Waals surface area (Å²) in [4.78, 5) is 33.1. The Morgan fingerprint density at radius 3 is 2.68 bits per heavy atom. The van der Waals surface area contributed by atoms with Crippen LogP contribution in [-0.4, -0.2) is 15.9 Å². The first kappa shape index (κ1) is 21.1. The standard InChI is InChI=1S/C21H13ClF3N3O2S/c1-10-20(31-9-26-10)21(30)28(15-4-2-3-13(22)17(15)24)8-11-7-16(29)27-19-12(11)5-6-14(23)18(19)25/h2-7,9H,8H2,1H3,(H,27,29). The Hall–Kier alpha value is -3.17. The third-order valence-corrected chi connectivity index (χ3v) is 5.94. The number of nitrogens with one attached hydrogen (secondary N) is 1. The van der Waals surface area contributed by atoms with E-state index >= 15 is 0 Å². The first-order chi connectivity index (χ1) is 14.8. The van der Waals surface area contributed by atoms with E-state index < -0.39 is 28.9 Å². The van der Waals surface area contributed by atoms with E-state index in [9.17, 15) is 22.8 Å². The number of fused-ring (bicyclic) bond motifs is 1. The second-order valence-electron chi connectivity index (χ2n) is 6.67. The van der Waals surface area contributed by atoms with Crippen LogP contribution in [0.2, 0.25) is 5.02 Å². The number of aromatic amines is 1. The Labute approximate surface area is 182 Å². The van der Waals surface area contributed by atoms with Gasteiger partial charge in [-0.15, -0.1) is 11.3 Å². The van der Waals surface area contributed by atoms with Gasteiger partial charge in [0.15, 0.2) is 17.5 Å². The van der Waals surface area contributed by atoms with E-state index in [1.165, 1.54) is 29.8 Å². The van der Waals surface area contributed by atoms with Gasteiger partial charge in [-0.2, -0.15) is 0 Å². The van der Waals surface area contributed by atoms with Crippen LogP contribution in [0.5, 0.6) is 0 Å². The third-order valence-electron chi connectivity index (χ3n) is 4.73. The van der Waals surface area contributed by atoms with Crippen molar-refractivity contribution >= 4 is 45.4 Å². The maximum Gasteiger partial charge on any atom is 0.270 e. The molecule has 2 heterocycles. The van der Waals surface area contributed by atoms with Crippen molar-refractivity contribution in [1.82, 2.24) is 9.97 Å². The summed E-state index contributed by atoms with van der Waals surface area (Å²) in [6, 6.07) is 7.53. The van der Waals surface area contributed by atoms with E-state index in [4.69, 9.17) is 11.6 Å². The molecule has 0 atom stereocenters. The molecule has 0 spiro atoms. The van der Waals surface area contributed by atoms with E-state index in [2.05, 4.69) is 9.97 Å². The van der Waals surface area contributed by atoms with Crippen molar-refractivity contribution in [3.8, 4) is 0 Å². The Morgan fingerprint density at radius 1 is 1.19 bits per heavy atom. The van der Waals surface area contributed by atoms with Gasteiger partial charge in [-0.1, -0.05) is 17.7 Å². The molecule has 10 heteroatoms. The molecule has 5 nitrogen and oxygen atoms in total. The summed E-state index contributed by atoms with van der Waals surface area (Å²) in [5.41, 5.74) is 0.978. The lowest BCUT2D eigenvalue weighted by molar-refractivity contribution is 0.0987. The van der Waals surface area contributed by atoms with Crippen molar-refractivity contribution in [3.63, 3.8) is 0 Å². The van der Waals surface area contributed by atoms with E-state index in [1.54, 1.807) is 6.92 Å². The lowest BCUT2D eigenvalue weighted by atomic mass is 10.1. The van der Waals surface area contributed by atoms with Gasteiger partial charge in [-0.3, -0.25) is 9.59 Å². The van der Waals surface area contributed by atoms with Crippen LogP contribution in [0.25, 0.3) is 10.9 Å². The fraction of sp³-hybridized carbons (Fsp3) is 0.0952. The van der Waals surface area contributed by atoms with Crippen LogP contribution in [0.3, 0.4) is 0 Å². The highest BCUT2D eigenvalue weighted by molar-refractivity contribution is 7.12. The second-order valence-corrected chi connectivity index (χ2v) is 7.94. The number of hydrogen-bond acceptors (Lipinski definition) is 4. The Bertz CT molecular complexity index is 1390. The van der Waals surface area contributed by atoms with Gasteiger partial charge in [0.25, 0.3) is 5.91 Å². The molecule has 4 rings (SSSR count). The van der Waals surface area contributed by atoms with Crippen LogP contribution >= 0.6 is 22.9 Å². The Kier molecular flexibility index (Phi) is 5.55. The molecular weight excluding hydrogens is 451 g/mol. The van der Waals surface area contributed by atoms with E-state index in [-0.39, 0.29) is 38.6 Å². The molecule has 1 amide bonds. The normalized spacial score (nSPS) is 11.1. The van der Waals surface area contributed by atoms with Crippen LogP contribution < -0.4 is 10.5 Å². The number of halogens is 4. The van der Waals surface area contributed by atoms with Gasteiger partial charge in [0.1, 0.15) is 4.88 Å². The molecule has 31 heavy (non-hydrogen) atoms. The van der Waals surface area contributed by atoms with Crippen LogP contribution in [0.1, 0.15) is 20.9 Å². The van der Waals surface area contributed by atoms with Gasteiger partial charge in [-0.25, -0.2) is 18.2 Å². The zero-order valence-electron chi connectivity index (χ0n) is 15.9. The first-order valence-electron chi connectivity index (χ1n) is 8.93. The average molecular weight is 464 g/mol. The van der Waals surface area contributed by atoms with Gasteiger partial charge in [-0.05, 0) is 36.8 Å². The van der Waals surface area contributed by atoms with E-state index in [1.807, 2.05) is 0 Å². The van der Waals surface area contributed by atoms with Gasteiger partial charge in [0.2, 0.25) is 5.56 Å². The predicted octanol–water partition coefficient (Wildman–Crippen LogP) is 5.21. The molecule has 1 N–H and O–H groups in total. The molecule has 0 bridgehead atoms. The molecule has 0 aliphatic heterocycles. The number of H-pyrrole nitrogens is 1. The van der Waals surface area contributed by atoms with Crippen LogP contribution in [0, 0.1) is 24.4 Å². The number of aromatic nitrogens is 2. The number of benzene rings is 2. The van der Waals surface area contributed by atoms with Gasteiger partial charge in [0.05, 0.1) is 34.0 Å². The Balaban J connectivity index is 1.91. The summed E-state index contributed by atoms with van der Waals surface area (Å²) in [5.74, 6) is -3.75. The minimum absolute atomic E-state index is 0.124. The summed E-state index contributed by atoms with van der Waals surface area (Å²) in [6.45, 7) is 1.34. The fourth-order valence-corrected chi connectivity index (χ4v) is 4.15. The molecule has 2 aromatic heterocycles. The van der Waals surface area contributed by atoms with Crippen LogP contribution in [-0.2, 0) is 6.54 Å². The highest BCUT2D eigenvalue weighted by Gasteiger charge is 2.26. The van der Waals surface area contributed by atoms with Crippen molar-refractivity contribution in [2.45, 2.75) is 13.5 Å². The van der Waals surface area contributed by atoms with Crippen molar-refractivity contribution in [2.24, 2.45) is 0 Å². The Morgan fingerprint density at radius 2 is 1.97 bits per heavy atom. The molecule has 0 saturated heterocycles. The number of anilines is 1. The molecule has 4 aromatic rings. The summed E-state index contributed by atoms with van der Waals surface area (Å²) in [6.07, 6.45) is 0.